The summed E-state index contributed by atoms with van der Waals surface area (Å²) in [4.78, 5) is 41.6. The van der Waals surface area contributed by atoms with Crippen LogP contribution in [0.25, 0.3) is 39.0 Å². The van der Waals surface area contributed by atoms with Crippen LogP contribution in [0.1, 0.15) is 12.2 Å². The molecule has 4 bridgehead atoms. The van der Waals surface area contributed by atoms with Crippen molar-refractivity contribution in [1.82, 2.24) is 33.8 Å². The predicted molar refractivity (Wildman–Crippen MR) is 190 cm³/mol. The molecule has 0 radical (unpaired) electrons. The molecular weight excluding hydrogens is 672 g/mol. The molecule has 7 heterocycles. The van der Waals surface area contributed by atoms with E-state index in [4.69, 9.17) is 14.5 Å². The number of aromatic nitrogens is 6. The summed E-state index contributed by atoms with van der Waals surface area (Å²) in [5.41, 5.74) is 3.73. The smallest absolute Gasteiger partial charge is 0.254 e. The number of likely N-dealkylation sites (N-methyl/N-ethyl adjacent to an activating group) is 1. The van der Waals surface area contributed by atoms with Crippen molar-refractivity contribution in [3.8, 4) is 22.7 Å². The number of carbonyl (C=O) groups is 1. The Morgan fingerprint density at radius 2 is 1.83 bits per heavy atom. The van der Waals surface area contributed by atoms with Gasteiger partial charge in [-0.3, -0.25) is 14.2 Å². The molecule has 6 aromatic rings. The SMILES string of the molecule is CO[C@H]1CN(C)C(=O)[C@@H]2C[C@@H](CN2c2cc(=O)n3c4c2cnn4-c2ccc(F)cc2OCC3)Nc2cccc(n2)-c2cc(F)cc3nc(C)n(c23)C1. The molecule has 0 aliphatic carbocycles. The summed E-state index contributed by atoms with van der Waals surface area (Å²) in [5.74, 6) is 0.563. The van der Waals surface area contributed by atoms with Gasteiger partial charge in [0.2, 0.25) is 5.91 Å². The lowest BCUT2D eigenvalue weighted by atomic mass is 10.1. The Hall–Kier alpha value is -5.83. The average Bonchev–Trinajstić information content (AvgIpc) is 3.82. The quantitative estimate of drug-likeness (QED) is 0.283. The van der Waals surface area contributed by atoms with E-state index in [0.717, 1.165) is 5.52 Å². The monoisotopic (exact) mass is 707 g/mol. The summed E-state index contributed by atoms with van der Waals surface area (Å²) in [6.45, 7) is 3.24. The Kier molecular flexibility index (Phi) is 7.50. The van der Waals surface area contributed by atoms with Gasteiger partial charge in [0.05, 0.1) is 53.2 Å². The van der Waals surface area contributed by atoms with E-state index in [-0.39, 0.29) is 37.2 Å². The van der Waals surface area contributed by atoms with Crippen LogP contribution in [0, 0.1) is 18.6 Å². The second-order valence-corrected chi connectivity index (χ2v) is 13.6. The summed E-state index contributed by atoms with van der Waals surface area (Å²) >= 11 is 0. The summed E-state index contributed by atoms with van der Waals surface area (Å²) in [6.07, 6.45) is 1.66. The van der Waals surface area contributed by atoms with Crippen LogP contribution < -0.4 is 20.5 Å². The number of rotatable bonds is 2. The van der Waals surface area contributed by atoms with Crippen molar-refractivity contribution in [2.75, 3.05) is 44.1 Å². The van der Waals surface area contributed by atoms with Gasteiger partial charge >= 0.3 is 0 Å². The molecule has 1 N–H and O–H groups in total. The van der Waals surface area contributed by atoms with Crippen molar-refractivity contribution in [1.29, 1.82) is 0 Å². The number of imidazole rings is 1. The molecule has 3 aliphatic rings. The molecule has 1 saturated heterocycles. The van der Waals surface area contributed by atoms with Crippen LogP contribution in [0.4, 0.5) is 20.3 Å². The Morgan fingerprint density at radius 3 is 2.67 bits per heavy atom. The van der Waals surface area contributed by atoms with Gasteiger partial charge in [-0.1, -0.05) is 6.07 Å². The molecule has 4 aromatic heterocycles. The number of benzene rings is 2. The average molecular weight is 708 g/mol. The number of ether oxygens (including phenoxy) is 2. The van der Waals surface area contributed by atoms with Gasteiger partial charge < -0.3 is 29.2 Å². The summed E-state index contributed by atoms with van der Waals surface area (Å²) < 4.78 is 46.2. The molecule has 15 heteroatoms. The molecule has 1 fully saturated rings. The van der Waals surface area contributed by atoms with Gasteiger partial charge in [0.1, 0.15) is 53.0 Å². The zero-order valence-corrected chi connectivity index (χ0v) is 28.7. The van der Waals surface area contributed by atoms with Crippen LogP contribution in [0.2, 0.25) is 0 Å². The lowest BCUT2D eigenvalue weighted by Crippen LogP contribution is -2.47. The van der Waals surface area contributed by atoms with E-state index < -0.39 is 23.8 Å². The molecule has 52 heavy (non-hydrogen) atoms. The Morgan fingerprint density at radius 1 is 0.962 bits per heavy atom. The number of anilines is 2. The number of carbonyl (C=O) groups excluding carboxylic acids is 1. The fourth-order valence-electron chi connectivity index (χ4n) is 7.96. The number of amides is 1. The molecule has 9 rings (SSSR count). The predicted octanol–water partition coefficient (Wildman–Crippen LogP) is 4.12. The first-order valence-electron chi connectivity index (χ1n) is 17.2. The van der Waals surface area contributed by atoms with Crippen molar-refractivity contribution in [2.24, 2.45) is 0 Å². The second-order valence-electron chi connectivity index (χ2n) is 13.6. The highest BCUT2D eigenvalue weighted by atomic mass is 19.1. The van der Waals surface area contributed by atoms with Gasteiger partial charge in [0.25, 0.3) is 5.56 Å². The maximum atomic E-state index is 15.0. The van der Waals surface area contributed by atoms with E-state index in [1.807, 2.05) is 34.6 Å². The number of nitrogens with zero attached hydrogens (tertiary/aromatic N) is 8. The van der Waals surface area contributed by atoms with E-state index in [0.29, 0.717) is 76.1 Å². The molecule has 2 aromatic carbocycles. The van der Waals surface area contributed by atoms with E-state index >= 15 is 4.39 Å². The normalized spacial score (nSPS) is 20.2. The van der Waals surface area contributed by atoms with Crippen LogP contribution in [-0.2, 0) is 22.6 Å². The lowest BCUT2D eigenvalue weighted by molar-refractivity contribution is -0.132. The standard InChI is InChI=1S/C37H35F2N9O4/c1-20-41-28-12-22(39)11-25-27-5-4-6-33(43-27)42-23-14-31(37(50)44(2)18-24(51-3)19-46(20)35(25)28)47(17-23)30-15-34(49)45-9-10-52-32-13-21(38)7-8-29(32)48-36(45)26(30)16-40-48/h4-8,11-13,15-16,23-24,31H,9-10,14,17-19H2,1-3H3,(H,42,43)/t23-,24-,31-/m0/s1. The topological polar surface area (TPSA) is 125 Å². The minimum atomic E-state index is -0.652. The fraction of sp³-hybridized carbons (Fsp3) is 0.324. The highest BCUT2D eigenvalue weighted by Crippen LogP contribution is 2.37. The number of halogens is 2. The maximum Gasteiger partial charge on any atom is 0.254 e. The number of pyridine rings is 2. The summed E-state index contributed by atoms with van der Waals surface area (Å²) in [6, 6.07) is 13.3. The molecule has 3 aliphatic heterocycles. The first kappa shape index (κ1) is 32.1. The van der Waals surface area contributed by atoms with Gasteiger partial charge in [-0.2, -0.15) is 5.10 Å². The molecular formula is C37H35F2N9O4. The molecule has 266 valence electrons. The van der Waals surface area contributed by atoms with Gasteiger partial charge in [-0.15, -0.1) is 0 Å². The number of methoxy groups -OCH3 is 1. The van der Waals surface area contributed by atoms with E-state index in [1.54, 1.807) is 46.6 Å². The number of fused-ring (bicyclic) bond motifs is 7. The van der Waals surface area contributed by atoms with Crippen molar-refractivity contribution < 1.29 is 23.0 Å². The molecule has 3 atom stereocenters. The van der Waals surface area contributed by atoms with E-state index in [1.165, 1.54) is 24.3 Å². The Labute approximate surface area is 296 Å². The molecule has 0 saturated carbocycles. The Balaban J connectivity index is 1.17. The van der Waals surface area contributed by atoms with Crippen LogP contribution in [-0.4, -0.2) is 91.7 Å². The van der Waals surface area contributed by atoms with E-state index in [2.05, 4.69) is 15.4 Å². The molecule has 13 nitrogen and oxygen atoms in total. The summed E-state index contributed by atoms with van der Waals surface area (Å²) in [5, 5.41) is 8.85. The minimum absolute atomic E-state index is 0.141. The van der Waals surface area contributed by atoms with Crippen LogP contribution in [0.15, 0.2) is 65.6 Å². The molecule has 1 amide bonds. The van der Waals surface area contributed by atoms with Crippen LogP contribution in [0.3, 0.4) is 0 Å². The third kappa shape index (κ3) is 5.17. The third-order valence-electron chi connectivity index (χ3n) is 10.4. The minimum Gasteiger partial charge on any atom is -0.489 e. The highest BCUT2D eigenvalue weighted by molar-refractivity contribution is 5.95. The summed E-state index contributed by atoms with van der Waals surface area (Å²) in [7, 11) is 3.36. The second kappa shape index (κ2) is 12.1. The van der Waals surface area contributed by atoms with Crippen molar-refractivity contribution in [3.63, 3.8) is 0 Å². The highest BCUT2D eigenvalue weighted by Gasteiger charge is 2.40. The van der Waals surface area contributed by atoms with Crippen LogP contribution in [0.5, 0.6) is 5.75 Å². The molecule has 0 unspecified atom stereocenters. The van der Waals surface area contributed by atoms with Gasteiger partial charge in [0.15, 0.2) is 0 Å². The van der Waals surface area contributed by atoms with Crippen molar-refractivity contribution in [3.05, 3.63) is 88.6 Å². The number of hydrogen-bond acceptors (Lipinski definition) is 9. The zero-order chi connectivity index (χ0) is 35.8. The van der Waals surface area contributed by atoms with Crippen LogP contribution >= 0.6 is 0 Å². The third-order valence-corrected chi connectivity index (χ3v) is 10.4. The molecule has 0 spiro atoms. The fourth-order valence-corrected chi connectivity index (χ4v) is 7.96. The number of aryl methyl sites for hydroxylation is 1. The van der Waals surface area contributed by atoms with Crippen molar-refractivity contribution >= 4 is 39.5 Å². The van der Waals surface area contributed by atoms with E-state index in [9.17, 15) is 14.0 Å². The maximum absolute atomic E-state index is 15.0. The first-order valence-corrected chi connectivity index (χ1v) is 17.2. The van der Waals surface area contributed by atoms with Gasteiger partial charge in [0, 0.05) is 57.1 Å². The largest absolute Gasteiger partial charge is 0.489 e. The van der Waals surface area contributed by atoms with Crippen molar-refractivity contribution in [2.45, 2.75) is 44.6 Å². The zero-order valence-electron chi connectivity index (χ0n) is 28.7. The number of hydrogen-bond donors (Lipinski definition) is 1. The first-order chi connectivity index (χ1) is 25.2. The van der Waals surface area contributed by atoms with Gasteiger partial charge in [-0.25, -0.2) is 23.4 Å². The lowest BCUT2D eigenvalue weighted by Gasteiger charge is -2.31. The number of nitrogens with one attached hydrogen (secondary N) is 1. The van der Waals surface area contributed by atoms with Gasteiger partial charge in [-0.05, 0) is 43.7 Å². The Bertz CT molecular complexity index is 2480.